The molecule has 0 heterocycles. The van der Waals surface area contributed by atoms with Crippen LogP contribution in [0.2, 0.25) is 0 Å². The van der Waals surface area contributed by atoms with E-state index in [2.05, 4.69) is 0 Å². The van der Waals surface area contributed by atoms with Crippen LogP contribution in [0.5, 0.6) is 0 Å². The van der Waals surface area contributed by atoms with Crippen LogP contribution in [-0.4, -0.2) is 17.6 Å². The van der Waals surface area contributed by atoms with E-state index in [1.54, 1.807) is 6.92 Å². The van der Waals surface area contributed by atoms with Crippen LogP contribution in [0.25, 0.3) is 0 Å². The summed E-state index contributed by atoms with van der Waals surface area (Å²) in [5, 5.41) is 8.74. The minimum absolute atomic E-state index is 0.00218. The summed E-state index contributed by atoms with van der Waals surface area (Å²) in [6.45, 7) is 1.57. The zero-order chi connectivity index (χ0) is 12.3. The van der Waals surface area contributed by atoms with Crippen LogP contribution < -0.4 is 5.73 Å². The molecule has 0 aromatic heterocycles. The van der Waals surface area contributed by atoms with Gasteiger partial charge in [0.2, 0.25) is 0 Å². The maximum absolute atomic E-state index is 13.0. The van der Waals surface area contributed by atoms with Crippen molar-refractivity contribution in [2.24, 2.45) is 5.73 Å². The predicted molar refractivity (Wildman–Crippen MR) is 55.0 cm³/mol. The Balaban J connectivity index is 3.16. The summed E-state index contributed by atoms with van der Waals surface area (Å²) in [6, 6.07) is 2.96. The summed E-state index contributed by atoms with van der Waals surface area (Å²) in [5.41, 5.74) is 4.77. The largest absolute Gasteiger partial charge is 0.481 e. The fraction of sp³-hybridized carbons (Fsp3) is 0.364. The predicted octanol–water partition coefficient (Wildman–Crippen LogP) is 1.66. The van der Waals surface area contributed by atoms with E-state index >= 15 is 0 Å². The van der Waals surface area contributed by atoms with Crippen molar-refractivity contribution in [2.75, 3.05) is 6.54 Å². The molecule has 3 N–H and O–H groups in total. The number of carbonyl (C=O) groups is 1. The van der Waals surface area contributed by atoms with Gasteiger partial charge in [-0.05, 0) is 17.7 Å². The SMILES string of the molecule is CC(CN)(CC(=O)O)c1cc(F)cc(F)c1. The maximum atomic E-state index is 13.0. The van der Waals surface area contributed by atoms with Gasteiger partial charge in [-0.2, -0.15) is 0 Å². The Morgan fingerprint density at radius 3 is 2.25 bits per heavy atom. The smallest absolute Gasteiger partial charge is 0.304 e. The zero-order valence-corrected chi connectivity index (χ0v) is 8.84. The number of rotatable bonds is 4. The van der Waals surface area contributed by atoms with Crippen LogP contribution in [0.3, 0.4) is 0 Å². The first-order valence-electron chi connectivity index (χ1n) is 4.76. The molecule has 0 aliphatic rings. The van der Waals surface area contributed by atoms with Crippen molar-refractivity contribution in [3.8, 4) is 0 Å². The summed E-state index contributed by atoms with van der Waals surface area (Å²) >= 11 is 0. The zero-order valence-electron chi connectivity index (χ0n) is 8.84. The fourth-order valence-electron chi connectivity index (χ4n) is 1.53. The highest BCUT2D eigenvalue weighted by Crippen LogP contribution is 2.27. The molecule has 3 nitrogen and oxygen atoms in total. The second kappa shape index (κ2) is 4.57. The summed E-state index contributed by atoms with van der Waals surface area (Å²) in [6.07, 6.45) is -0.271. The van der Waals surface area contributed by atoms with Crippen molar-refractivity contribution in [2.45, 2.75) is 18.8 Å². The lowest BCUT2D eigenvalue weighted by molar-refractivity contribution is -0.138. The van der Waals surface area contributed by atoms with Crippen molar-refractivity contribution in [1.82, 2.24) is 0 Å². The fourth-order valence-corrected chi connectivity index (χ4v) is 1.53. The molecule has 88 valence electrons. The van der Waals surface area contributed by atoms with Gasteiger partial charge in [0.05, 0.1) is 6.42 Å². The van der Waals surface area contributed by atoms with E-state index in [-0.39, 0.29) is 18.5 Å². The molecule has 1 unspecified atom stereocenters. The molecule has 1 atom stereocenters. The lowest BCUT2D eigenvalue weighted by atomic mass is 9.79. The molecule has 0 spiro atoms. The monoisotopic (exact) mass is 229 g/mol. The van der Waals surface area contributed by atoms with Gasteiger partial charge in [-0.1, -0.05) is 6.92 Å². The van der Waals surface area contributed by atoms with Crippen LogP contribution in [0, 0.1) is 11.6 Å². The third kappa shape index (κ3) is 2.76. The van der Waals surface area contributed by atoms with Gasteiger partial charge < -0.3 is 10.8 Å². The summed E-state index contributed by atoms with van der Waals surface area (Å²) in [4.78, 5) is 10.7. The number of carboxylic acid groups (broad SMARTS) is 1. The molecule has 5 heteroatoms. The highest BCUT2D eigenvalue weighted by molar-refractivity contribution is 5.69. The Labute approximate surface area is 91.9 Å². The van der Waals surface area contributed by atoms with E-state index in [0.717, 1.165) is 18.2 Å². The first kappa shape index (κ1) is 12.6. The van der Waals surface area contributed by atoms with Crippen molar-refractivity contribution >= 4 is 5.97 Å². The second-order valence-corrected chi connectivity index (χ2v) is 3.99. The average Bonchev–Trinajstić information content (AvgIpc) is 2.15. The second-order valence-electron chi connectivity index (χ2n) is 3.99. The first-order chi connectivity index (χ1) is 7.37. The van der Waals surface area contributed by atoms with Gasteiger partial charge in [0.1, 0.15) is 11.6 Å². The van der Waals surface area contributed by atoms with Crippen molar-refractivity contribution in [3.05, 3.63) is 35.4 Å². The number of hydrogen-bond acceptors (Lipinski definition) is 2. The maximum Gasteiger partial charge on any atom is 0.304 e. The van der Waals surface area contributed by atoms with Crippen LogP contribution >= 0.6 is 0 Å². The van der Waals surface area contributed by atoms with Crippen LogP contribution in [0.4, 0.5) is 8.78 Å². The number of nitrogens with two attached hydrogens (primary N) is 1. The standard InChI is InChI=1S/C11H13F2NO2/c1-11(6-14,5-10(15)16)7-2-8(12)4-9(13)3-7/h2-4H,5-6,14H2,1H3,(H,15,16). The van der Waals surface area contributed by atoms with Gasteiger partial charge in [0, 0.05) is 18.0 Å². The number of carboxylic acids is 1. The summed E-state index contributed by atoms with van der Waals surface area (Å²) < 4.78 is 26.0. The van der Waals surface area contributed by atoms with Crippen LogP contribution in [0.15, 0.2) is 18.2 Å². The summed E-state index contributed by atoms with van der Waals surface area (Å²) in [5.74, 6) is -2.53. The Morgan fingerprint density at radius 1 is 1.38 bits per heavy atom. The lowest BCUT2D eigenvalue weighted by Crippen LogP contribution is -2.34. The first-order valence-corrected chi connectivity index (χ1v) is 4.76. The Morgan fingerprint density at radius 2 is 1.88 bits per heavy atom. The molecule has 1 aromatic carbocycles. The molecule has 0 saturated carbocycles. The van der Waals surface area contributed by atoms with Crippen LogP contribution in [0.1, 0.15) is 18.9 Å². The Hall–Kier alpha value is -1.49. The molecule has 1 rings (SSSR count). The molecular formula is C11H13F2NO2. The molecule has 0 radical (unpaired) electrons. The van der Waals surface area contributed by atoms with E-state index in [1.807, 2.05) is 0 Å². The Bertz CT molecular complexity index is 389. The third-order valence-corrected chi connectivity index (χ3v) is 2.55. The van der Waals surface area contributed by atoms with E-state index in [4.69, 9.17) is 10.8 Å². The van der Waals surface area contributed by atoms with E-state index in [9.17, 15) is 13.6 Å². The van der Waals surface area contributed by atoms with Gasteiger partial charge in [0.25, 0.3) is 0 Å². The molecule has 0 aliphatic carbocycles. The molecular weight excluding hydrogens is 216 g/mol. The van der Waals surface area contributed by atoms with Crippen LogP contribution in [-0.2, 0) is 10.2 Å². The number of halogens is 2. The average molecular weight is 229 g/mol. The molecule has 0 fully saturated rings. The van der Waals surface area contributed by atoms with Gasteiger partial charge in [0.15, 0.2) is 0 Å². The quantitative estimate of drug-likeness (QED) is 0.825. The molecule has 16 heavy (non-hydrogen) atoms. The van der Waals surface area contributed by atoms with Gasteiger partial charge in [-0.15, -0.1) is 0 Å². The molecule has 0 amide bonds. The van der Waals surface area contributed by atoms with Crippen molar-refractivity contribution < 1.29 is 18.7 Å². The molecule has 0 aliphatic heterocycles. The van der Waals surface area contributed by atoms with E-state index in [1.165, 1.54) is 0 Å². The van der Waals surface area contributed by atoms with E-state index in [0.29, 0.717) is 0 Å². The van der Waals surface area contributed by atoms with E-state index < -0.39 is 23.0 Å². The third-order valence-electron chi connectivity index (χ3n) is 2.55. The number of hydrogen-bond donors (Lipinski definition) is 2. The topological polar surface area (TPSA) is 63.3 Å². The molecule has 0 saturated heterocycles. The Kier molecular flexibility index (Phi) is 3.59. The lowest BCUT2D eigenvalue weighted by Gasteiger charge is -2.26. The van der Waals surface area contributed by atoms with Gasteiger partial charge in [-0.25, -0.2) is 8.78 Å². The number of aliphatic carboxylic acids is 1. The van der Waals surface area contributed by atoms with Gasteiger partial charge in [-0.3, -0.25) is 4.79 Å². The minimum Gasteiger partial charge on any atom is -0.481 e. The van der Waals surface area contributed by atoms with Crippen molar-refractivity contribution in [1.29, 1.82) is 0 Å². The summed E-state index contributed by atoms with van der Waals surface area (Å²) in [7, 11) is 0. The van der Waals surface area contributed by atoms with Crippen molar-refractivity contribution in [3.63, 3.8) is 0 Å². The molecule has 0 bridgehead atoms. The highest BCUT2D eigenvalue weighted by Gasteiger charge is 2.29. The normalized spacial score (nSPS) is 14.5. The minimum atomic E-state index is -1.06. The highest BCUT2D eigenvalue weighted by atomic mass is 19.1. The molecule has 1 aromatic rings. The van der Waals surface area contributed by atoms with Gasteiger partial charge >= 0.3 is 5.97 Å². The number of benzene rings is 1.